The van der Waals surface area contributed by atoms with Gasteiger partial charge in [-0.05, 0) is 24.6 Å². The number of rotatable bonds is 2. The van der Waals surface area contributed by atoms with Gasteiger partial charge in [0.05, 0.1) is 15.9 Å². The maximum Gasteiger partial charge on any atom is 0.273 e. The van der Waals surface area contributed by atoms with Crippen molar-refractivity contribution in [1.29, 1.82) is 0 Å². The van der Waals surface area contributed by atoms with E-state index in [0.717, 1.165) is 35.4 Å². The molecule has 21 heavy (non-hydrogen) atoms. The number of anilines is 1. The number of likely N-dealkylation sites (N-methyl/N-ethyl adjacent to an activating group) is 1. The number of amides is 1. The Bertz CT molecular complexity index is 788. The Hall–Kier alpha value is -1.70. The Morgan fingerprint density at radius 3 is 3.29 bits per heavy atom. The molecule has 0 aliphatic carbocycles. The second kappa shape index (κ2) is 4.94. The van der Waals surface area contributed by atoms with Crippen LogP contribution in [0, 0.1) is 0 Å². The SMILES string of the molecule is CN1CCc2nc(NC(=O)c3cc4sccc4[nH]3)sc2C1. The zero-order valence-corrected chi connectivity index (χ0v) is 13.1. The minimum Gasteiger partial charge on any atom is -0.350 e. The van der Waals surface area contributed by atoms with Crippen LogP contribution in [0.5, 0.6) is 0 Å². The lowest BCUT2D eigenvalue weighted by atomic mass is 10.2. The van der Waals surface area contributed by atoms with Gasteiger partial charge in [-0.3, -0.25) is 10.1 Å². The number of carbonyl (C=O) groups is 1. The molecule has 0 fully saturated rings. The summed E-state index contributed by atoms with van der Waals surface area (Å²) in [6.07, 6.45) is 0.955. The molecule has 0 radical (unpaired) electrons. The first-order chi connectivity index (χ1) is 10.2. The fraction of sp³-hybridized carbons (Fsp3) is 0.286. The number of aromatic nitrogens is 2. The first kappa shape index (κ1) is 13.0. The summed E-state index contributed by atoms with van der Waals surface area (Å²) in [4.78, 5) is 23.5. The molecule has 1 aliphatic rings. The second-order valence-electron chi connectivity index (χ2n) is 5.21. The van der Waals surface area contributed by atoms with Crippen LogP contribution in [0.1, 0.15) is 21.1 Å². The summed E-state index contributed by atoms with van der Waals surface area (Å²) in [5.74, 6) is -0.127. The monoisotopic (exact) mass is 318 g/mol. The standard InChI is InChI=1S/C14H14N4OS2/c1-18-4-2-8-12(7-18)21-14(16-8)17-13(19)10-6-11-9(15-10)3-5-20-11/h3,5-6,15H,2,4,7H2,1H3,(H,16,17,19). The Labute approximate surface area is 129 Å². The van der Waals surface area contributed by atoms with E-state index < -0.39 is 0 Å². The van der Waals surface area contributed by atoms with E-state index in [9.17, 15) is 4.79 Å². The first-order valence-electron chi connectivity index (χ1n) is 6.74. The van der Waals surface area contributed by atoms with Crippen LogP contribution in [0.25, 0.3) is 10.2 Å². The van der Waals surface area contributed by atoms with Gasteiger partial charge >= 0.3 is 0 Å². The Morgan fingerprint density at radius 1 is 1.52 bits per heavy atom. The van der Waals surface area contributed by atoms with E-state index in [1.54, 1.807) is 22.7 Å². The van der Waals surface area contributed by atoms with Gasteiger partial charge < -0.3 is 9.88 Å². The molecule has 1 amide bonds. The predicted octanol–water partition coefficient (Wildman–Crippen LogP) is 2.93. The summed E-state index contributed by atoms with van der Waals surface area (Å²) in [5.41, 5.74) is 2.72. The molecule has 3 aromatic heterocycles. The van der Waals surface area contributed by atoms with Crippen LogP contribution in [0.4, 0.5) is 5.13 Å². The third-order valence-corrected chi connectivity index (χ3v) is 5.49. The van der Waals surface area contributed by atoms with Gasteiger partial charge in [0.1, 0.15) is 5.69 Å². The number of hydrogen-bond donors (Lipinski definition) is 2. The van der Waals surface area contributed by atoms with Crippen molar-refractivity contribution in [1.82, 2.24) is 14.9 Å². The predicted molar refractivity (Wildman–Crippen MR) is 86.3 cm³/mol. The van der Waals surface area contributed by atoms with Gasteiger partial charge in [0.25, 0.3) is 5.91 Å². The van der Waals surface area contributed by atoms with Crippen molar-refractivity contribution in [3.05, 3.63) is 33.8 Å². The highest BCUT2D eigenvalue weighted by atomic mass is 32.1. The molecule has 3 aromatic rings. The highest BCUT2D eigenvalue weighted by Crippen LogP contribution is 2.28. The molecule has 0 unspecified atom stereocenters. The minimum atomic E-state index is -0.127. The van der Waals surface area contributed by atoms with Gasteiger partial charge in [-0.15, -0.1) is 22.7 Å². The molecule has 0 spiro atoms. The van der Waals surface area contributed by atoms with E-state index in [2.05, 4.69) is 27.2 Å². The number of thiophene rings is 1. The Kier molecular flexibility index (Phi) is 3.06. The smallest absolute Gasteiger partial charge is 0.273 e. The maximum atomic E-state index is 12.3. The molecule has 4 rings (SSSR count). The van der Waals surface area contributed by atoms with Crippen molar-refractivity contribution in [3.8, 4) is 0 Å². The van der Waals surface area contributed by atoms with E-state index in [4.69, 9.17) is 0 Å². The van der Waals surface area contributed by atoms with Crippen molar-refractivity contribution < 1.29 is 4.79 Å². The van der Waals surface area contributed by atoms with Crippen LogP contribution in [0.3, 0.4) is 0 Å². The fourth-order valence-electron chi connectivity index (χ4n) is 2.51. The molecule has 7 heteroatoms. The molecule has 0 bridgehead atoms. The molecule has 0 atom stereocenters. The van der Waals surface area contributed by atoms with Crippen LogP contribution in [0.15, 0.2) is 17.5 Å². The van der Waals surface area contributed by atoms with Crippen LogP contribution in [0.2, 0.25) is 0 Å². The van der Waals surface area contributed by atoms with Gasteiger partial charge in [0.2, 0.25) is 0 Å². The molecular formula is C14H14N4OS2. The summed E-state index contributed by atoms with van der Waals surface area (Å²) in [6.45, 7) is 1.94. The van der Waals surface area contributed by atoms with Crippen LogP contribution >= 0.6 is 22.7 Å². The molecular weight excluding hydrogens is 304 g/mol. The van der Waals surface area contributed by atoms with Gasteiger partial charge in [-0.25, -0.2) is 4.98 Å². The van der Waals surface area contributed by atoms with Crippen molar-refractivity contribution >= 4 is 43.9 Å². The van der Waals surface area contributed by atoms with Gasteiger partial charge in [0.15, 0.2) is 5.13 Å². The first-order valence-corrected chi connectivity index (χ1v) is 8.43. The van der Waals surface area contributed by atoms with E-state index in [1.165, 1.54) is 4.88 Å². The number of nitrogens with one attached hydrogen (secondary N) is 2. The van der Waals surface area contributed by atoms with Gasteiger partial charge in [-0.2, -0.15) is 0 Å². The van der Waals surface area contributed by atoms with Crippen molar-refractivity contribution in [2.24, 2.45) is 0 Å². The van der Waals surface area contributed by atoms with Crippen molar-refractivity contribution in [2.45, 2.75) is 13.0 Å². The molecule has 1 aliphatic heterocycles. The number of hydrogen-bond acceptors (Lipinski definition) is 5. The van der Waals surface area contributed by atoms with Crippen LogP contribution < -0.4 is 5.32 Å². The quantitative estimate of drug-likeness (QED) is 0.764. The number of aromatic amines is 1. The molecule has 108 valence electrons. The van der Waals surface area contributed by atoms with E-state index in [-0.39, 0.29) is 5.91 Å². The minimum absolute atomic E-state index is 0.127. The number of fused-ring (bicyclic) bond motifs is 2. The van der Waals surface area contributed by atoms with Crippen LogP contribution in [-0.4, -0.2) is 34.4 Å². The number of nitrogens with zero attached hydrogens (tertiary/aromatic N) is 2. The Morgan fingerprint density at radius 2 is 2.43 bits per heavy atom. The average molecular weight is 318 g/mol. The largest absolute Gasteiger partial charge is 0.350 e. The third kappa shape index (κ3) is 2.37. The van der Waals surface area contributed by atoms with E-state index in [0.29, 0.717) is 10.8 Å². The lowest BCUT2D eigenvalue weighted by molar-refractivity contribution is 0.102. The zero-order chi connectivity index (χ0) is 14.4. The molecule has 0 saturated heterocycles. The fourth-order valence-corrected chi connectivity index (χ4v) is 4.38. The highest BCUT2D eigenvalue weighted by Gasteiger charge is 2.20. The lowest BCUT2D eigenvalue weighted by Crippen LogP contribution is -2.25. The topological polar surface area (TPSA) is 61.0 Å². The average Bonchev–Trinajstić information content (AvgIpc) is 3.09. The van der Waals surface area contributed by atoms with Crippen LogP contribution in [-0.2, 0) is 13.0 Å². The zero-order valence-electron chi connectivity index (χ0n) is 11.5. The highest BCUT2D eigenvalue weighted by molar-refractivity contribution is 7.17. The molecule has 0 aromatic carbocycles. The third-order valence-electron chi connectivity index (χ3n) is 3.63. The lowest BCUT2D eigenvalue weighted by Gasteiger charge is -2.20. The van der Waals surface area contributed by atoms with Crippen molar-refractivity contribution in [2.75, 3.05) is 18.9 Å². The summed E-state index contributed by atoms with van der Waals surface area (Å²) in [7, 11) is 2.10. The molecule has 0 saturated carbocycles. The molecule has 5 nitrogen and oxygen atoms in total. The Balaban J connectivity index is 1.55. The number of carbonyl (C=O) groups excluding carboxylic acids is 1. The van der Waals surface area contributed by atoms with Gasteiger partial charge in [0, 0.05) is 24.4 Å². The van der Waals surface area contributed by atoms with Crippen molar-refractivity contribution in [3.63, 3.8) is 0 Å². The molecule has 2 N–H and O–H groups in total. The summed E-state index contributed by atoms with van der Waals surface area (Å²) >= 11 is 3.20. The van der Waals surface area contributed by atoms with Gasteiger partial charge in [-0.1, -0.05) is 0 Å². The van der Waals surface area contributed by atoms with E-state index in [1.807, 2.05) is 17.5 Å². The summed E-state index contributed by atoms with van der Waals surface area (Å²) < 4.78 is 1.10. The maximum absolute atomic E-state index is 12.3. The summed E-state index contributed by atoms with van der Waals surface area (Å²) in [6, 6.07) is 3.87. The second-order valence-corrected chi connectivity index (χ2v) is 7.24. The molecule has 4 heterocycles. The number of H-pyrrole nitrogens is 1. The van der Waals surface area contributed by atoms with E-state index >= 15 is 0 Å². The normalized spacial score (nSPS) is 15.3. The number of thiazole rings is 1. The summed E-state index contributed by atoms with van der Waals surface area (Å²) in [5, 5.41) is 5.61.